The number of hydrogen-bond acceptors (Lipinski definition) is 13. The van der Waals surface area contributed by atoms with Crippen molar-refractivity contribution in [3.05, 3.63) is 29.8 Å². The first-order chi connectivity index (χ1) is 31.9. The Labute approximate surface area is 402 Å². The zero-order valence-electron chi connectivity index (χ0n) is 42.5. The van der Waals surface area contributed by atoms with Gasteiger partial charge in [-0.1, -0.05) is 73.9 Å². The van der Waals surface area contributed by atoms with Crippen molar-refractivity contribution in [2.45, 2.75) is 169 Å². The monoisotopic (exact) mass is 955 g/mol. The number of rotatable bonds is 11. The minimum atomic E-state index is -1.54. The predicted octanol–water partition coefficient (Wildman–Crippen LogP) is 3.10. The molecule has 0 aliphatic carbocycles. The first-order valence-electron chi connectivity index (χ1n) is 24.3. The molecule has 3 saturated heterocycles. The van der Waals surface area contributed by atoms with E-state index in [1.54, 1.807) is 52.1 Å². The Morgan fingerprint density at radius 1 is 0.794 bits per heavy atom. The molecule has 18 nitrogen and oxygen atoms in total. The molecular formula is C50H78N6O12. The third kappa shape index (κ3) is 13.6. The standard InChI is InChI=1S/C50H78N6O12/c1-14-30(8)41-39(57)25-40(58)68-44(29(6)7)43(59)31(9)45(60)51-35(22-27(2)3)47(62)55-21-15-16-36(55)48(63)54(12)38(24-33-17-19-34(66-13)20-18-33)50(65)67-32(10)42(46(61)52-41)56-26-53(11)37(49(56)64)23-28(4)5/h17-20,27-32,35-39,41-42,44,57H,14-16,21-26H2,1-13H3,(H,51,60)(H,52,61)/t30-,31-,32+,35-,36-,37+,38-,39-,41+,42-,44+/m0/s1. The van der Waals surface area contributed by atoms with Gasteiger partial charge < -0.3 is 44.7 Å². The quantitative estimate of drug-likeness (QED) is 0.215. The molecule has 4 rings (SSSR count). The topological polar surface area (TPSA) is 221 Å². The lowest BCUT2D eigenvalue weighted by molar-refractivity contribution is -0.165. The second-order valence-electron chi connectivity index (χ2n) is 20.3. The molecule has 0 bridgehead atoms. The Morgan fingerprint density at radius 3 is 2.00 bits per heavy atom. The van der Waals surface area contributed by atoms with Gasteiger partial charge in [-0.2, -0.15) is 0 Å². The van der Waals surface area contributed by atoms with Crippen molar-refractivity contribution < 1.29 is 57.7 Å². The average Bonchev–Trinajstić information content (AvgIpc) is 3.87. The molecule has 3 heterocycles. The van der Waals surface area contributed by atoms with Crippen LogP contribution in [-0.4, -0.2) is 161 Å². The van der Waals surface area contributed by atoms with Gasteiger partial charge >= 0.3 is 11.9 Å². The molecule has 18 heteroatoms. The van der Waals surface area contributed by atoms with Crippen LogP contribution in [0.3, 0.4) is 0 Å². The van der Waals surface area contributed by atoms with Gasteiger partial charge in [0.2, 0.25) is 29.5 Å². The highest BCUT2D eigenvalue weighted by atomic mass is 16.6. The molecule has 0 spiro atoms. The fourth-order valence-electron chi connectivity index (χ4n) is 9.41. The van der Waals surface area contributed by atoms with Gasteiger partial charge in [0, 0.05) is 20.0 Å². The van der Waals surface area contributed by atoms with E-state index in [-0.39, 0.29) is 50.2 Å². The lowest BCUT2D eigenvalue weighted by Gasteiger charge is -2.37. The van der Waals surface area contributed by atoms with Crippen molar-refractivity contribution in [3.8, 4) is 5.75 Å². The third-order valence-corrected chi connectivity index (χ3v) is 13.7. The molecule has 0 radical (unpaired) electrons. The number of esters is 2. The van der Waals surface area contributed by atoms with E-state index in [4.69, 9.17) is 14.2 Å². The number of carbonyl (C=O) groups is 8. The second-order valence-corrected chi connectivity index (χ2v) is 20.3. The van der Waals surface area contributed by atoms with Crippen LogP contribution in [0.15, 0.2) is 24.3 Å². The van der Waals surface area contributed by atoms with Crippen molar-refractivity contribution in [2.24, 2.45) is 29.6 Å². The number of likely N-dealkylation sites (N-methyl/N-ethyl adjacent to an activating group) is 2. The van der Waals surface area contributed by atoms with Gasteiger partial charge in [-0.15, -0.1) is 0 Å². The summed E-state index contributed by atoms with van der Waals surface area (Å²) in [6.07, 6.45) is -3.09. The average molecular weight is 955 g/mol. The molecule has 380 valence electrons. The number of amides is 5. The Kier molecular flexibility index (Phi) is 20.0. The molecule has 5 amide bonds. The highest BCUT2D eigenvalue weighted by Crippen LogP contribution is 2.28. The summed E-state index contributed by atoms with van der Waals surface area (Å²) in [7, 11) is 4.75. The van der Waals surface area contributed by atoms with Gasteiger partial charge in [-0.05, 0) is 87.9 Å². The van der Waals surface area contributed by atoms with Crippen LogP contribution in [0.5, 0.6) is 5.75 Å². The van der Waals surface area contributed by atoms with Gasteiger partial charge in [0.05, 0.1) is 44.3 Å². The molecule has 1 aromatic rings. The summed E-state index contributed by atoms with van der Waals surface area (Å²) in [4.78, 5) is 121. The summed E-state index contributed by atoms with van der Waals surface area (Å²) in [5.41, 5.74) is 0.644. The lowest BCUT2D eigenvalue weighted by Crippen LogP contribution is -2.60. The zero-order valence-corrected chi connectivity index (χ0v) is 42.5. The number of cyclic esters (lactones) is 2. The smallest absolute Gasteiger partial charge is 0.329 e. The fourth-order valence-corrected chi connectivity index (χ4v) is 9.41. The van der Waals surface area contributed by atoms with Crippen molar-refractivity contribution in [3.63, 3.8) is 0 Å². The summed E-state index contributed by atoms with van der Waals surface area (Å²) < 4.78 is 17.3. The minimum absolute atomic E-state index is 0.0104. The second kappa shape index (κ2) is 24.4. The molecule has 3 fully saturated rings. The summed E-state index contributed by atoms with van der Waals surface area (Å²) in [5.74, 6) is -7.29. The van der Waals surface area contributed by atoms with Crippen LogP contribution in [-0.2, 0) is 54.3 Å². The number of aliphatic hydroxyl groups is 1. The Morgan fingerprint density at radius 2 is 1.43 bits per heavy atom. The van der Waals surface area contributed by atoms with Crippen LogP contribution in [0.4, 0.5) is 0 Å². The van der Waals surface area contributed by atoms with Crippen molar-refractivity contribution in [1.29, 1.82) is 0 Å². The van der Waals surface area contributed by atoms with E-state index in [1.807, 2.05) is 39.5 Å². The molecule has 3 aliphatic heterocycles. The molecule has 0 unspecified atom stereocenters. The fraction of sp³-hybridized carbons (Fsp3) is 0.720. The lowest BCUT2D eigenvalue weighted by atomic mass is 9.91. The number of carbonyl (C=O) groups excluding carboxylic acids is 8. The molecule has 11 atom stereocenters. The van der Waals surface area contributed by atoms with Gasteiger partial charge in [-0.25, -0.2) is 4.79 Å². The SMILES string of the molecule is CC[C@H](C)[C@H]1NC(=O)[C@@H](N2CN(C)[C@H](CC(C)C)C2=O)[C@@H](C)OC(=O)[C@H](Cc2ccc(OC)cc2)N(C)C(=O)[C@@H]2CCCN2C(=O)[C@H](CC(C)C)NC(=O)[C@@H](C)C(=O)[C@@H](C(C)C)OC(=O)C[C@@H]1O. The van der Waals surface area contributed by atoms with Crippen LogP contribution in [0, 0.1) is 29.6 Å². The molecule has 0 aromatic heterocycles. The number of nitrogens with one attached hydrogen (secondary N) is 2. The number of aliphatic hydroxyl groups excluding tert-OH is 1. The first-order valence-corrected chi connectivity index (χ1v) is 24.3. The first kappa shape index (κ1) is 55.5. The number of methoxy groups -OCH3 is 1. The molecular weight excluding hydrogens is 877 g/mol. The number of nitrogens with zero attached hydrogens (tertiary/aromatic N) is 4. The van der Waals surface area contributed by atoms with Crippen LogP contribution >= 0.6 is 0 Å². The van der Waals surface area contributed by atoms with E-state index in [2.05, 4.69) is 10.6 Å². The van der Waals surface area contributed by atoms with Gasteiger partial charge in [0.1, 0.15) is 36.0 Å². The Hall–Kier alpha value is -5.10. The van der Waals surface area contributed by atoms with Crippen LogP contribution in [0.1, 0.15) is 113 Å². The number of hydrogen-bond donors (Lipinski definition) is 3. The van der Waals surface area contributed by atoms with E-state index in [0.717, 1.165) is 0 Å². The highest BCUT2D eigenvalue weighted by molar-refractivity contribution is 6.05. The summed E-state index contributed by atoms with van der Waals surface area (Å²) >= 11 is 0. The maximum Gasteiger partial charge on any atom is 0.329 e. The maximum atomic E-state index is 14.8. The van der Waals surface area contributed by atoms with Crippen LogP contribution < -0.4 is 15.4 Å². The summed E-state index contributed by atoms with van der Waals surface area (Å²) in [6, 6.07) is 0.392. The maximum absolute atomic E-state index is 14.8. The van der Waals surface area contributed by atoms with E-state index >= 15 is 0 Å². The summed E-state index contributed by atoms with van der Waals surface area (Å²) in [6.45, 7) is 17.7. The minimum Gasteiger partial charge on any atom is -0.497 e. The van der Waals surface area contributed by atoms with Gasteiger partial charge in [-0.3, -0.25) is 38.5 Å². The number of ether oxygens (including phenoxy) is 3. The molecule has 0 saturated carbocycles. The molecule has 3 N–H and O–H groups in total. The number of fused-ring (bicyclic) bond motifs is 1. The largest absolute Gasteiger partial charge is 0.497 e. The molecule has 68 heavy (non-hydrogen) atoms. The number of benzene rings is 1. The number of ketones is 1. The van der Waals surface area contributed by atoms with E-state index in [1.165, 1.54) is 42.7 Å². The Bertz CT molecular complexity index is 1960. The van der Waals surface area contributed by atoms with Crippen LogP contribution in [0.25, 0.3) is 0 Å². The Balaban J connectivity index is 1.88. The van der Waals surface area contributed by atoms with Gasteiger partial charge in [0.15, 0.2) is 11.9 Å². The van der Waals surface area contributed by atoms with Gasteiger partial charge in [0.25, 0.3) is 0 Å². The van der Waals surface area contributed by atoms with Crippen molar-refractivity contribution in [2.75, 3.05) is 34.4 Å². The third-order valence-electron chi connectivity index (χ3n) is 13.7. The predicted molar refractivity (Wildman–Crippen MR) is 252 cm³/mol. The molecule has 3 aliphatic rings. The number of Topliss-reactive ketones (excluding diaryl/α,β-unsaturated/α-hetero) is 1. The van der Waals surface area contributed by atoms with Crippen LogP contribution in [0.2, 0.25) is 0 Å². The zero-order chi connectivity index (χ0) is 50.9. The van der Waals surface area contributed by atoms with Crippen molar-refractivity contribution in [1.82, 2.24) is 30.2 Å². The van der Waals surface area contributed by atoms with E-state index in [0.29, 0.717) is 30.6 Å². The summed E-state index contributed by atoms with van der Waals surface area (Å²) in [5, 5.41) is 17.4. The normalized spacial score (nSPS) is 29.9. The van der Waals surface area contributed by atoms with E-state index in [9.17, 15) is 43.5 Å². The molecule has 1 aromatic carbocycles. The van der Waals surface area contributed by atoms with E-state index < -0.39 is 120 Å². The van der Waals surface area contributed by atoms with Crippen molar-refractivity contribution >= 4 is 47.3 Å². The highest BCUT2D eigenvalue weighted by Gasteiger charge is 2.48.